The molecule has 1 saturated heterocycles. The van der Waals surface area contributed by atoms with Gasteiger partial charge in [0, 0.05) is 64.2 Å². The first-order valence-corrected chi connectivity index (χ1v) is 21.0. The van der Waals surface area contributed by atoms with Crippen molar-refractivity contribution in [2.45, 2.75) is 147 Å². The van der Waals surface area contributed by atoms with Gasteiger partial charge in [-0.05, 0) is 78.1 Å². The van der Waals surface area contributed by atoms with Crippen LogP contribution in [-0.2, 0) is 33.3 Å². The van der Waals surface area contributed by atoms with E-state index >= 15 is 0 Å². The number of esters is 1. The zero-order valence-corrected chi connectivity index (χ0v) is 36.3. The van der Waals surface area contributed by atoms with Crippen LogP contribution in [0.15, 0.2) is 48.1 Å². The highest BCUT2D eigenvalue weighted by molar-refractivity contribution is 6.12. The van der Waals surface area contributed by atoms with Gasteiger partial charge in [0.1, 0.15) is 11.7 Å². The third-order valence-corrected chi connectivity index (χ3v) is 11.7. The number of allylic oxidation sites excluding steroid dienone is 2. The summed E-state index contributed by atoms with van der Waals surface area (Å²) in [6.45, 7) is 13.4. The highest BCUT2D eigenvalue weighted by Crippen LogP contribution is 2.37. The smallest absolute Gasteiger partial charge is 0.410 e. The molecule has 3 heterocycles. The molecule has 3 aliphatic heterocycles. The highest BCUT2D eigenvalue weighted by Gasteiger charge is 2.47. The van der Waals surface area contributed by atoms with Crippen LogP contribution < -0.4 is 0 Å². The molecule has 0 aromatic carbocycles. The van der Waals surface area contributed by atoms with Gasteiger partial charge in [0.2, 0.25) is 0 Å². The number of methoxy groups -OCH3 is 1. The fourth-order valence-electron chi connectivity index (χ4n) is 7.39. The highest BCUT2D eigenvalue weighted by atomic mass is 16.6. The normalized spacial score (nSPS) is 29.8. The number of amides is 3. The first-order valence-electron chi connectivity index (χ1n) is 21.0. The van der Waals surface area contributed by atoms with Crippen LogP contribution in [0.1, 0.15) is 99.3 Å². The van der Waals surface area contributed by atoms with Gasteiger partial charge in [0.25, 0.3) is 11.8 Å². The van der Waals surface area contributed by atoms with Crippen molar-refractivity contribution in [1.82, 2.24) is 14.7 Å². The van der Waals surface area contributed by atoms with Gasteiger partial charge in [-0.25, -0.2) is 4.79 Å². The van der Waals surface area contributed by atoms with Crippen LogP contribution in [0.25, 0.3) is 0 Å². The van der Waals surface area contributed by atoms with Gasteiger partial charge in [-0.2, -0.15) is 0 Å². The second-order valence-corrected chi connectivity index (χ2v) is 17.0. The zero-order valence-electron chi connectivity index (χ0n) is 36.3. The molecule has 0 radical (unpaired) electrons. The fourth-order valence-corrected chi connectivity index (χ4v) is 7.39. The molecule has 14 heteroatoms. The van der Waals surface area contributed by atoms with E-state index in [1.807, 2.05) is 47.7 Å². The van der Waals surface area contributed by atoms with E-state index in [1.165, 1.54) is 29.1 Å². The molecule has 0 unspecified atom stereocenters. The van der Waals surface area contributed by atoms with Crippen LogP contribution >= 0.6 is 0 Å². The molecule has 3 N–H and O–H groups in total. The maximum Gasteiger partial charge on any atom is 0.410 e. The molecule has 3 amide bonds. The Morgan fingerprint density at radius 3 is 2.43 bits per heavy atom. The van der Waals surface area contributed by atoms with Gasteiger partial charge in [-0.1, -0.05) is 57.9 Å². The Balaban J connectivity index is 1.61. The van der Waals surface area contributed by atoms with Crippen LogP contribution in [0, 0.1) is 11.8 Å². The Morgan fingerprint density at radius 1 is 1.10 bits per heavy atom. The van der Waals surface area contributed by atoms with Gasteiger partial charge in [-0.15, -0.1) is 0 Å². The first-order chi connectivity index (χ1) is 27.3. The number of unbranched alkanes of at least 4 members (excludes halogenated alkanes) is 3. The summed E-state index contributed by atoms with van der Waals surface area (Å²) in [5, 5.41) is 32.1. The quantitative estimate of drug-likeness (QED) is 0.0386. The SMILES string of the molecule is CC[C@H](O)[C@@H](C)[C@H]1O[C@@H]1C[C@@](C)(O)/C=C/C=C(\C)[C@H]1OC(=O)C[C@H](O)CC[C@@](C)(OC)[C@@H](OC(=O)N(C)CCN(C)CCCCCCN2C(=O)C=CC2=O)/C=C/[C@@H]1C. The van der Waals surface area contributed by atoms with Crippen molar-refractivity contribution >= 4 is 23.9 Å². The summed E-state index contributed by atoms with van der Waals surface area (Å²) in [7, 11) is 5.21. The lowest BCUT2D eigenvalue weighted by molar-refractivity contribution is -0.151. The minimum Gasteiger partial charge on any atom is -0.457 e. The molecule has 0 aromatic heterocycles. The number of epoxide rings is 1. The van der Waals surface area contributed by atoms with Crippen molar-refractivity contribution < 1.29 is 53.4 Å². The summed E-state index contributed by atoms with van der Waals surface area (Å²) < 4.78 is 23.7. The lowest BCUT2D eigenvalue weighted by Gasteiger charge is -2.36. The summed E-state index contributed by atoms with van der Waals surface area (Å²) in [5.74, 6) is -1.43. The third-order valence-electron chi connectivity index (χ3n) is 11.7. The number of nitrogens with zero attached hydrogens (tertiary/aromatic N) is 3. The maximum atomic E-state index is 13.5. The average molecular weight is 818 g/mol. The average Bonchev–Trinajstić information content (AvgIpc) is 3.86. The largest absolute Gasteiger partial charge is 0.457 e. The number of rotatable bonds is 20. The van der Waals surface area contributed by atoms with Crippen LogP contribution in [-0.4, -0.2) is 149 Å². The number of aliphatic hydroxyl groups is 3. The lowest BCUT2D eigenvalue weighted by Crippen LogP contribution is -2.46. The molecule has 1 fully saturated rings. The van der Waals surface area contributed by atoms with Gasteiger partial charge in [-0.3, -0.25) is 19.3 Å². The first kappa shape index (κ1) is 49.0. The molecule has 0 aliphatic carbocycles. The number of cyclic esters (lactones) is 1. The van der Waals surface area contributed by atoms with Gasteiger partial charge in [0.15, 0.2) is 6.10 Å². The molecule has 0 bridgehead atoms. The number of likely N-dealkylation sites (N-methyl/N-ethyl adjacent to an activating group) is 2. The van der Waals surface area contributed by atoms with Crippen molar-refractivity contribution in [3.63, 3.8) is 0 Å². The molecule has 328 valence electrons. The molecule has 10 atom stereocenters. The van der Waals surface area contributed by atoms with Crippen LogP contribution in [0.3, 0.4) is 0 Å². The Bertz CT molecular complexity index is 1480. The van der Waals surface area contributed by atoms with Crippen LogP contribution in [0.4, 0.5) is 4.79 Å². The Hall–Kier alpha value is -3.40. The van der Waals surface area contributed by atoms with Gasteiger partial charge in [0.05, 0.1) is 36.4 Å². The predicted octanol–water partition coefficient (Wildman–Crippen LogP) is 4.71. The molecule has 0 saturated carbocycles. The zero-order chi connectivity index (χ0) is 43.2. The topological polar surface area (TPSA) is 179 Å². The second-order valence-electron chi connectivity index (χ2n) is 17.0. The monoisotopic (exact) mass is 818 g/mol. The fraction of sp³-hybridized carbons (Fsp3) is 0.727. The van der Waals surface area contributed by atoms with Crippen molar-refractivity contribution in [2.24, 2.45) is 11.8 Å². The molecular weight excluding hydrogens is 746 g/mol. The summed E-state index contributed by atoms with van der Waals surface area (Å²) >= 11 is 0. The number of hydrogen-bond donors (Lipinski definition) is 3. The Labute approximate surface area is 345 Å². The summed E-state index contributed by atoms with van der Waals surface area (Å²) in [6, 6.07) is 0. The van der Waals surface area contributed by atoms with Gasteiger partial charge >= 0.3 is 12.1 Å². The molecule has 3 rings (SSSR count). The molecule has 58 heavy (non-hydrogen) atoms. The van der Waals surface area contributed by atoms with Crippen LogP contribution in [0.5, 0.6) is 0 Å². The van der Waals surface area contributed by atoms with E-state index in [-0.39, 0.29) is 48.7 Å². The summed E-state index contributed by atoms with van der Waals surface area (Å²) in [4.78, 5) is 54.9. The summed E-state index contributed by atoms with van der Waals surface area (Å²) in [6.07, 6.45) is 12.5. The molecule has 0 aromatic rings. The Morgan fingerprint density at radius 2 is 1.78 bits per heavy atom. The van der Waals surface area contributed by atoms with Crippen molar-refractivity contribution in [3.05, 3.63) is 48.1 Å². The van der Waals surface area contributed by atoms with Gasteiger partial charge < -0.3 is 44.1 Å². The third kappa shape index (κ3) is 15.3. The number of carbonyl (C=O) groups is 4. The van der Waals surface area contributed by atoms with E-state index in [0.29, 0.717) is 44.5 Å². The molecular formula is C44H71N3O11. The van der Waals surface area contributed by atoms with E-state index in [0.717, 1.165) is 32.2 Å². The Kier molecular flexibility index (Phi) is 19.3. The summed E-state index contributed by atoms with van der Waals surface area (Å²) in [5.41, 5.74) is -1.47. The van der Waals surface area contributed by atoms with Crippen molar-refractivity contribution in [3.8, 4) is 0 Å². The van der Waals surface area contributed by atoms with E-state index in [4.69, 9.17) is 18.9 Å². The number of ether oxygens (including phenoxy) is 4. The number of aliphatic hydroxyl groups excluding tert-OH is 2. The minimum absolute atomic E-state index is 0.0221. The maximum absolute atomic E-state index is 13.5. The standard InChI is InChI=1S/C44H71N3O11/c1-10-34(49)32(4)41-35(56-41)29-43(5,54)22-15-16-30(2)40-31(3)17-18-36(44(6,55-9)23-21-33(48)28-39(52)58-40)57-42(53)46(8)27-26-45(7)24-13-11-12-14-25-47-37(50)19-20-38(47)51/h15-20,22,31-36,40-41,48-49,54H,10-14,21,23-29H2,1-9H3/b18-17+,22-15+,30-16+/t31-,32+,33+,34-,35+,36-,40+,41+,43-,44+/m0/s1. The minimum atomic E-state index is -1.17. The molecule has 14 nitrogen and oxygen atoms in total. The number of imide groups is 1. The second kappa shape index (κ2) is 22.8. The number of hydrogen-bond acceptors (Lipinski definition) is 12. The van der Waals surface area contributed by atoms with E-state index in [2.05, 4.69) is 4.90 Å². The number of carbonyl (C=O) groups excluding carboxylic acids is 4. The van der Waals surface area contributed by atoms with E-state index in [9.17, 15) is 34.5 Å². The molecule has 3 aliphatic rings. The predicted molar refractivity (Wildman–Crippen MR) is 220 cm³/mol. The lowest BCUT2D eigenvalue weighted by atomic mass is 9.88. The van der Waals surface area contributed by atoms with Crippen molar-refractivity contribution in [1.29, 1.82) is 0 Å². The van der Waals surface area contributed by atoms with Crippen molar-refractivity contribution in [2.75, 3.05) is 47.4 Å². The van der Waals surface area contributed by atoms with Crippen LogP contribution in [0.2, 0.25) is 0 Å². The molecule has 0 spiro atoms. The van der Waals surface area contributed by atoms with E-state index < -0.39 is 47.7 Å². The van der Waals surface area contributed by atoms with E-state index in [1.54, 1.807) is 38.3 Å².